The van der Waals surface area contributed by atoms with Gasteiger partial charge >= 0.3 is 0 Å². The van der Waals surface area contributed by atoms with Crippen LogP contribution in [0.25, 0.3) is 0 Å². The number of nitriles is 1. The molecule has 0 aromatic carbocycles. The first-order valence-corrected chi connectivity index (χ1v) is 17.0. The molecule has 12 atom stereocenters. The number of carbonyl (C=O) groups excluding carboxylic acids is 1. The SMILES string of the molecule is CCOC1CC2NCC(C#N)C(NC3CC(C)C(OCC4NCCCC4C)CC3C)C2CC1NC(=O)CCCN(C)C. The number of hydrogen-bond acceptors (Lipinski definition) is 8. The zero-order valence-electron chi connectivity index (χ0n) is 27.2. The summed E-state index contributed by atoms with van der Waals surface area (Å²) >= 11 is 0. The number of carbonyl (C=O) groups is 1. The Bertz CT molecular complexity index is 882. The Labute approximate surface area is 255 Å². The van der Waals surface area contributed by atoms with Gasteiger partial charge in [-0.25, -0.2) is 0 Å². The number of fused-ring (bicyclic) bond motifs is 1. The van der Waals surface area contributed by atoms with E-state index in [4.69, 9.17) is 9.47 Å². The van der Waals surface area contributed by atoms with E-state index in [2.05, 4.69) is 53.0 Å². The van der Waals surface area contributed by atoms with Crippen LogP contribution in [0.5, 0.6) is 0 Å². The van der Waals surface area contributed by atoms with Crippen molar-refractivity contribution in [2.24, 2.45) is 29.6 Å². The number of nitrogens with one attached hydrogen (secondary N) is 4. The van der Waals surface area contributed by atoms with Crippen molar-refractivity contribution < 1.29 is 14.3 Å². The van der Waals surface area contributed by atoms with Crippen molar-refractivity contribution in [1.29, 1.82) is 5.26 Å². The highest BCUT2D eigenvalue weighted by Crippen LogP contribution is 2.38. The largest absolute Gasteiger partial charge is 0.376 e. The third kappa shape index (κ3) is 8.89. The average Bonchev–Trinajstić information content (AvgIpc) is 2.95. The van der Waals surface area contributed by atoms with Crippen LogP contribution in [0.3, 0.4) is 0 Å². The van der Waals surface area contributed by atoms with E-state index < -0.39 is 0 Å². The van der Waals surface area contributed by atoms with Crippen LogP contribution in [0.2, 0.25) is 0 Å². The maximum Gasteiger partial charge on any atom is 0.220 e. The Kier molecular flexibility index (Phi) is 12.9. The van der Waals surface area contributed by atoms with Crippen LogP contribution in [0.1, 0.15) is 79.1 Å². The second kappa shape index (κ2) is 16.2. The van der Waals surface area contributed by atoms with Crippen LogP contribution >= 0.6 is 0 Å². The lowest BCUT2D eigenvalue weighted by Crippen LogP contribution is -2.66. The lowest BCUT2D eigenvalue weighted by molar-refractivity contribution is -0.124. The highest BCUT2D eigenvalue weighted by atomic mass is 16.5. The Balaban J connectivity index is 1.38. The first kappa shape index (κ1) is 33.6. The van der Waals surface area contributed by atoms with E-state index >= 15 is 0 Å². The second-order valence-corrected chi connectivity index (χ2v) is 14.2. The molecule has 0 bridgehead atoms. The van der Waals surface area contributed by atoms with E-state index in [1.54, 1.807) is 0 Å². The molecule has 4 aliphatic rings. The first-order valence-electron chi connectivity index (χ1n) is 17.0. The fourth-order valence-electron chi connectivity index (χ4n) is 8.11. The highest BCUT2D eigenvalue weighted by molar-refractivity contribution is 5.76. The van der Waals surface area contributed by atoms with Crippen molar-refractivity contribution in [3.8, 4) is 6.07 Å². The number of amides is 1. The molecule has 4 fully saturated rings. The summed E-state index contributed by atoms with van der Waals surface area (Å²) in [5, 5.41) is 24.9. The normalized spacial score (nSPS) is 40.7. The molecule has 9 nitrogen and oxygen atoms in total. The summed E-state index contributed by atoms with van der Waals surface area (Å²) in [6.45, 7) is 13.2. The summed E-state index contributed by atoms with van der Waals surface area (Å²) in [5.74, 6) is 1.89. The van der Waals surface area contributed by atoms with Crippen LogP contribution < -0.4 is 21.3 Å². The second-order valence-electron chi connectivity index (χ2n) is 14.2. The fourth-order valence-corrected chi connectivity index (χ4v) is 8.11. The minimum Gasteiger partial charge on any atom is -0.376 e. The van der Waals surface area contributed by atoms with E-state index in [9.17, 15) is 10.1 Å². The molecule has 4 N–H and O–H groups in total. The average molecular weight is 589 g/mol. The predicted octanol–water partition coefficient (Wildman–Crippen LogP) is 2.91. The fraction of sp³-hybridized carbons (Fsp3) is 0.939. The molecule has 4 rings (SSSR count). The van der Waals surface area contributed by atoms with Crippen LogP contribution in [0.15, 0.2) is 0 Å². The monoisotopic (exact) mass is 588 g/mol. The van der Waals surface area contributed by atoms with Gasteiger partial charge in [0.05, 0.1) is 36.8 Å². The van der Waals surface area contributed by atoms with Crippen LogP contribution in [-0.4, -0.2) is 100 Å². The molecule has 2 aliphatic heterocycles. The molecule has 0 spiro atoms. The molecule has 240 valence electrons. The summed E-state index contributed by atoms with van der Waals surface area (Å²) in [7, 11) is 4.07. The molecule has 2 aliphatic carbocycles. The van der Waals surface area contributed by atoms with Crippen LogP contribution in [0, 0.1) is 40.9 Å². The standard InChI is InChI=1S/C33H60N6O3/c1-7-41-31-17-27-25(16-28(31)37-32(40)11-9-13-39(5)6)33(24(18-34)19-36-27)38-26-14-23(4)30(15-22(26)3)42-20-29-21(2)10-8-12-35-29/h21-31,33,35-36,38H,7-17,19-20H2,1-6H3,(H,37,40). The number of hydrogen-bond donors (Lipinski definition) is 4. The molecule has 0 aromatic rings. The number of rotatable bonds is 12. The van der Waals surface area contributed by atoms with Gasteiger partial charge in [0, 0.05) is 43.7 Å². The molecular formula is C33H60N6O3. The topological polar surface area (TPSA) is 111 Å². The van der Waals surface area contributed by atoms with Gasteiger partial charge in [0.2, 0.25) is 5.91 Å². The van der Waals surface area contributed by atoms with E-state index in [1.807, 2.05) is 21.0 Å². The lowest BCUT2D eigenvalue weighted by atomic mass is 9.69. The molecule has 12 unspecified atom stereocenters. The Morgan fingerprint density at radius 2 is 1.81 bits per heavy atom. The van der Waals surface area contributed by atoms with Crippen molar-refractivity contribution in [2.45, 2.75) is 121 Å². The molecule has 2 heterocycles. The van der Waals surface area contributed by atoms with Crippen molar-refractivity contribution in [3.63, 3.8) is 0 Å². The minimum atomic E-state index is -0.0957. The Morgan fingerprint density at radius 3 is 2.52 bits per heavy atom. The van der Waals surface area contributed by atoms with Crippen LogP contribution in [-0.2, 0) is 14.3 Å². The van der Waals surface area contributed by atoms with Gasteiger partial charge in [-0.05, 0) is 103 Å². The van der Waals surface area contributed by atoms with Crippen molar-refractivity contribution in [3.05, 3.63) is 0 Å². The zero-order valence-corrected chi connectivity index (χ0v) is 27.2. The van der Waals surface area contributed by atoms with E-state index in [-0.39, 0.29) is 48.1 Å². The zero-order chi connectivity index (χ0) is 30.2. The molecule has 2 saturated heterocycles. The van der Waals surface area contributed by atoms with E-state index in [0.717, 1.165) is 51.8 Å². The first-order chi connectivity index (χ1) is 20.2. The molecule has 2 saturated carbocycles. The Morgan fingerprint density at radius 1 is 1.00 bits per heavy atom. The third-order valence-electron chi connectivity index (χ3n) is 10.8. The van der Waals surface area contributed by atoms with Gasteiger partial charge in [0.15, 0.2) is 0 Å². The minimum absolute atomic E-state index is 0.00580. The summed E-state index contributed by atoms with van der Waals surface area (Å²) in [4.78, 5) is 15.0. The smallest absolute Gasteiger partial charge is 0.220 e. The van der Waals surface area contributed by atoms with Gasteiger partial charge in [-0.1, -0.05) is 20.8 Å². The van der Waals surface area contributed by atoms with Crippen molar-refractivity contribution >= 4 is 5.91 Å². The Hall–Kier alpha value is -1.28. The van der Waals surface area contributed by atoms with Crippen molar-refractivity contribution in [2.75, 3.05) is 46.9 Å². The number of ether oxygens (including phenoxy) is 2. The van der Waals surface area contributed by atoms with Gasteiger partial charge < -0.3 is 35.6 Å². The quantitative estimate of drug-likeness (QED) is 0.276. The van der Waals surface area contributed by atoms with Gasteiger partial charge in [-0.2, -0.15) is 5.26 Å². The predicted molar refractivity (Wildman–Crippen MR) is 167 cm³/mol. The highest BCUT2D eigenvalue weighted by Gasteiger charge is 2.48. The molecule has 42 heavy (non-hydrogen) atoms. The molecule has 0 radical (unpaired) electrons. The van der Waals surface area contributed by atoms with Gasteiger partial charge in [0.1, 0.15) is 0 Å². The van der Waals surface area contributed by atoms with Crippen molar-refractivity contribution in [1.82, 2.24) is 26.2 Å². The molecular weight excluding hydrogens is 528 g/mol. The lowest BCUT2D eigenvalue weighted by Gasteiger charge is -2.51. The maximum atomic E-state index is 12.9. The third-order valence-corrected chi connectivity index (χ3v) is 10.8. The summed E-state index contributed by atoms with van der Waals surface area (Å²) < 4.78 is 12.7. The molecule has 9 heteroatoms. The maximum absolute atomic E-state index is 12.9. The van der Waals surface area contributed by atoms with Crippen LogP contribution in [0.4, 0.5) is 0 Å². The summed E-state index contributed by atoms with van der Waals surface area (Å²) in [6, 6.07) is 3.79. The van der Waals surface area contributed by atoms with E-state index in [1.165, 1.54) is 12.8 Å². The van der Waals surface area contributed by atoms with Gasteiger partial charge in [-0.3, -0.25) is 4.79 Å². The molecule has 1 amide bonds. The van der Waals surface area contributed by atoms with Gasteiger partial charge in [0.25, 0.3) is 0 Å². The summed E-state index contributed by atoms with van der Waals surface area (Å²) in [6.07, 6.45) is 8.00. The van der Waals surface area contributed by atoms with E-state index in [0.29, 0.717) is 49.4 Å². The molecule has 0 aromatic heterocycles. The number of nitrogens with zero attached hydrogens (tertiary/aromatic N) is 2. The number of piperidine rings is 2. The summed E-state index contributed by atoms with van der Waals surface area (Å²) in [5.41, 5.74) is 0. The van der Waals surface area contributed by atoms with Gasteiger partial charge in [-0.15, -0.1) is 0 Å².